The number of pyridine rings is 1. The Morgan fingerprint density at radius 1 is 1.25 bits per heavy atom. The van der Waals surface area contributed by atoms with Crippen LogP contribution >= 0.6 is 0 Å². The van der Waals surface area contributed by atoms with Gasteiger partial charge in [0.2, 0.25) is 0 Å². The van der Waals surface area contributed by atoms with Gasteiger partial charge >= 0.3 is 7.12 Å². The number of rotatable bonds is 4. The van der Waals surface area contributed by atoms with Crippen LogP contribution in [-0.4, -0.2) is 30.4 Å². The van der Waals surface area contributed by atoms with Crippen molar-refractivity contribution in [3.8, 4) is 0 Å². The summed E-state index contributed by atoms with van der Waals surface area (Å²) >= 11 is 0. The van der Waals surface area contributed by atoms with Crippen molar-refractivity contribution in [3.05, 3.63) is 35.6 Å². The maximum Gasteiger partial charge on any atom is 0.487 e. The van der Waals surface area contributed by atoms with E-state index in [4.69, 9.17) is 9.31 Å². The molecule has 2 heterocycles. The molecule has 1 N–H and O–H groups in total. The Morgan fingerprint density at radius 2 is 1.90 bits per heavy atom. The SMILES string of the molecule is CNCc1ccnc(/C=C/B2OC(C)(C)C(C)(C)O2)c1. The molecule has 0 spiro atoms. The summed E-state index contributed by atoms with van der Waals surface area (Å²) in [7, 11) is 1.61. The van der Waals surface area contributed by atoms with Gasteiger partial charge < -0.3 is 14.6 Å². The van der Waals surface area contributed by atoms with E-state index >= 15 is 0 Å². The highest BCUT2D eigenvalue weighted by molar-refractivity contribution is 6.52. The first-order valence-corrected chi connectivity index (χ1v) is 6.97. The third-order valence-electron chi connectivity index (χ3n) is 3.92. The lowest BCUT2D eigenvalue weighted by Crippen LogP contribution is -2.41. The average Bonchev–Trinajstić information content (AvgIpc) is 2.56. The van der Waals surface area contributed by atoms with Crippen LogP contribution in [-0.2, 0) is 15.9 Å². The number of nitrogens with zero attached hydrogens (tertiary/aromatic N) is 1. The lowest BCUT2D eigenvalue weighted by atomic mass is 9.89. The quantitative estimate of drug-likeness (QED) is 0.856. The molecule has 0 saturated carbocycles. The van der Waals surface area contributed by atoms with E-state index in [1.165, 1.54) is 5.56 Å². The van der Waals surface area contributed by atoms with Gasteiger partial charge in [-0.25, -0.2) is 0 Å². The van der Waals surface area contributed by atoms with E-state index in [9.17, 15) is 0 Å². The van der Waals surface area contributed by atoms with Crippen molar-refractivity contribution in [2.75, 3.05) is 7.05 Å². The average molecular weight is 274 g/mol. The van der Waals surface area contributed by atoms with Gasteiger partial charge in [-0.3, -0.25) is 4.98 Å². The molecule has 0 amide bonds. The molecule has 1 aliphatic rings. The largest absolute Gasteiger partial charge is 0.487 e. The van der Waals surface area contributed by atoms with E-state index in [0.29, 0.717) is 0 Å². The Morgan fingerprint density at radius 3 is 2.50 bits per heavy atom. The van der Waals surface area contributed by atoms with Crippen molar-refractivity contribution >= 4 is 13.2 Å². The molecule has 0 unspecified atom stereocenters. The van der Waals surface area contributed by atoms with E-state index in [1.54, 1.807) is 0 Å². The first-order valence-electron chi connectivity index (χ1n) is 6.97. The Labute approximate surface area is 121 Å². The van der Waals surface area contributed by atoms with E-state index in [1.807, 2.05) is 59.1 Å². The normalized spacial score (nSPS) is 20.8. The monoisotopic (exact) mass is 274 g/mol. The molecular weight excluding hydrogens is 251 g/mol. The molecule has 0 bridgehead atoms. The van der Waals surface area contributed by atoms with E-state index in [2.05, 4.69) is 16.4 Å². The van der Waals surface area contributed by atoms with Crippen molar-refractivity contribution in [1.29, 1.82) is 0 Å². The molecule has 0 aromatic carbocycles. The molecule has 4 nitrogen and oxygen atoms in total. The van der Waals surface area contributed by atoms with Crippen molar-refractivity contribution in [2.24, 2.45) is 0 Å². The van der Waals surface area contributed by atoms with Crippen LogP contribution in [0.4, 0.5) is 0 Å². The fraction of sp³-hybridized carbons (Fsp3) is 0.533. The molecule has 1 saturated heterocycles. The second-order valence-corrected chi connectivity index (χ2v) is 6.10. The maximum absolute atomic E-state index is 5.91. The van der Waals surface area contributed by atoms with Crippen molar-refractivity contribution in [3.63, 3.8) is 0 Å². The van der Waals surface area contributed by atoms with Crippen LogP contribution in [0.5, 0.6) is 0 Å². The zero-order valence-electron chi connectivity index (χ0n) is 12.9. The third-order valence-corrected chi connectivity index (χ3v) is 3.92. The topological polar surface area (TPSA) is 43.4 Å². The summed E-state index contributed by atoms with van der Waals surface area (Å²) in [6.07, 6.45) is 3.76. The van der Waals surface area contributed by atoms with Gasteiger partial charge in [-0.05, 0) is 58.5 Å². The summed E-state index contributed by atoms with van der Waals surface area (Å²) in [4.78, 5) is 4.33. The van der Waals surface area contributed by atoms with Gasteiger partial charge in [0.05, 0.1) is 16.9 Å². The van der Waals surface area contributed by atoms with Crippen molar-refractivity contribution in [1.82, 2.24) is 10.3 Å². The Kier molecular flexibility index (Phi) is 4.32. The molecule has 0 aliphatic carbocycles. The van der Waals surface area contributed by atoms with Crippen LogP contribution in [0.25, 0.3) is 6.08 Å². The zero-order chi connectivity index (χ0) is 14.8. The molecule has 2 rings (SSSR count). The standard InChI is InChI=1S/C15H23BN2O2/c1-14(2)15(3,4)20-16(19-14)8-6-13-10-12(11-17-5)7-9-18-13/h6-10,17H,11H2,1-5H3/b8-6+. The van der Waals surface area contributed by atoms with Crippen LogP contribution in [0.15, 0.2) is 24.3 Å². The fourth-order valence-electron chi connectivity index (χ4n) is 2.04. The maximum atomic E-state index is 5.91. The number of hydrogen-bond donors (Lipinski definition) is 1. The van der Waals surface area contributed by atoms with Gasteiger partial charge in [0.15, 0.2) is 0 Å². The van der Waals surface area contributed by atoms with Crippen LogP contribution < -0.4 is 5.32 Å². The highest BCUT2D eigenvalue weighted by Gasteiger charge is 2.49. The Hall–Kier alpha value is -1.17. The first kappa shape index (κ1) is 15.2. The minimum atomic E-state index is -0.324. The Bertz CT molecular complexity index is 484. The Balaban J connectivity index is 2.06. The van der Waals surface area contributed by atoms with Crippen LogP contribution in [0.1, 0.15) is 39.0 Å². The lowest BCUT2D eigenvalue weighted by Gasteiger charge is -2.32. The van der Waals surface area contributed by atoms with E-state index in [0.717, 1.165) is 12.2 Å². The molecule has 5 heteroatoms. The molecular formula is C15H23BN2O2. The third kappa shape index (κ3) is 3.29. The number of hydrogen-bond acceptors (Lipinski definition) is 4. The summed E-state index contributed by atoms with van der Waals surface area (Å²) in [5, 5.41) is 3.13. The van der Waals surface area contributed by atoms with Gasteiger partial charge in [0.25, 0.3) is 0 Å². The summed E-state index contributed by atoms with van der Waals surface area (Å²) in [6.45, 7) is 9.03. The highest BCUT2D eigenvalue weighted by atomic mass is 16.7. The molecule has 1 aliphatic heterocycles. The summed E-state index contributed by atoms with van der Waals surface area (Å²) in [6, 6.07) is 4.06. The first-order chi connectivity index (χ1) is 9.34. The van der Waals surface area contributed by atoms with Crippen LogP contribution in [0, 0.1) is 0 Å². The predicted molar refractivity (Wildman–Crippen MR) is 82.1 cm³/mol. The van der Waals surface area contributed by atoms with Gasteiger partial charge in [-0.1, -0.05) is 5.98 Å². The molecule has 0 radical (unpaired) electrons. The smallest absolute Gasteiger partial charge is 0.400 e. The molecule has 1 aromatic heterocycles. The van der Waals surface area contributed by atoms with Gasteiger partial charge in [0.1, 0.15) is 0 Å². The van der Waals surface area contributed by atoms with E-state index in [-0.39, 0.29) is 18.3 Å². The second-order valence-electron chi connectivity index (χ2n) is 6.10. The van der Waals surface area contributed by atoms with Crippen LogP contribution in [0.2, 0.25) is 0 Å². The predicted octanol–water partition coefficient (Wildman–Crippen LogP) is 2.45. The molecule has 0 atom stereocenters. The fourth-order valence-corrected chi connectivity index (χ4v) is 2.04. The number of aromatic nitrogens is 1. The summed E-state index contributed by atoms with van der Waals surface area (Å²) in [5.41, 5.74) is 1.51. The summed E-state index contributed by atoms with van der Waals surface area (Å²) in [5.74, 6) is 1.92. The van der Waals surface area contributed by atoms with E-state index < -0.39 is 0 Å². The zero-order valence-corrected chi connectivity index (χ0v) is 12.9. The molecule has 1 aromatic rings. The van der Waals surface area contributed by atoms with Crippen molar-refractivity contribution < 1.29 is 9.31 Å². The second kappa shape index (κ2) is 5.68. The van der Waals surface area contributed by atoms with Crippen LogP contribution in [0.3, 0.4) is 0 Å². The lowest BCUT2D eigenvalue weighted by molar-refractivity contribution is 0.00578. The van der Waals surface area contributed by atoms with Gasteiger partial charge in [-0.2, -0.15) is 0 Å². The molecule has 1 fully saturated rings. The molecule has 108 valence electrons. The number of nitrogens with one attached hydrogen (secondary N) is 1. The highest BCUT2D eigenvalue weighted by Crippen LogP contribution is 2.36. The van der Waals surface area contributed by atoms with Gasteiger partial charge in [0, 0.05) is 12.7 Å². The minimum absolute atomic E-state index is 0.302. The van der Waals surface area contributed by atoms with Gasteiger partial charge in [-0.15, -0.1) is 0 Å². The minimum Gasteiger partial charge on any atom is -0.400 e. The summed E-state index contributed by atoms with van der Waals surface area (Å²) < 4.78 is 11.8. The molecule has 20 heavy (non-hydrogen) atoms. The van der Waals surface area contributed by atoms with Crippen molar-refractivity contribution in [2.45, 2.75) is 45.4 Å².